The van der Waals surface area contributed by atoms with Gasteiger partial charge in [-0.15, -0.1) is 0 Å². The predicted octanol–water partition coefficient (Wildman–Crippen LogP) is 2.03. The van der Waals surface area contributed by atoms with E-state index in [-0.39, 0.29) is 24.7 Å². The van der Waals surface area contributed by atoms with Gasteiger partial charge in [0.15, 0.2) is 5.96 Å². The molecule has 3 aromatic rings. The van der Waals surface area contributed by atoms with E-state index in [4.69, 9.17) is 17.2 Å². The first-order valence-electron chi connectivity index (χ1n) is 13.4. The average Bonchev–Trinajstić information content (AvgIpc) is 2.93. The molecule has 9 N–H and O–H groups in total. The van der Waals surface area contributed by atoms with Crippen molar-refractivity contribution in [1.29, 1.82) is 0 Å². The molecule has 3 rings (SSSR count). The SMILES string of the molecule is CC(C)C(N)C(=O)NC(Cc1ccccc1)C(=O)NC(CCCN=C(N)N)C(=O)Nc1ccc2ccccc2c1. The molecule has 0 aliphatic carbocycles. The number of amides is 3. The van der Waals surface area contributed by atoms with Gasteiger partial charge in [-0.3, -0.25) is 19.4 Å². The van der Waals surface area contributed by atoms with Crippen LogP contribution in [0, 0.1) is 5.92 Å². The average molecular weight is 546 g/mol. The van der Waals surface area contributed by atoms with Gasteiger partial charge in [-0.1, -0.05) is 74.5 Å². The molecule has 0 aliphatic heterocycles. The molecule has 0 spiro atoms. The number of hydrogen-bond donors (Lipinski definition) is 6. The lowest BCUT2D eigenvalue weighted by Crippen LogP contribution is -2.56. The zero-order valence-corrected chi connectivity index (χ0v) is 23.0. The number of nitrogens with zero attached hydrogens (tertiary/aromatic N) is 1. The number of nitrogens with two attached hydrogens (primary N) is 3. The minimum atomic E-state index is -0.937. The first kappa shape index (κ1) is 30.1. The van der Waals surface area contributed by atoms with E-state index < -0.39 is 35.8 Å². The monoisotopic (exact) mass is 545 g/mol. The van der Waals surface area contributed by atoms with Gasteiger partial charge in [0.1, 0.15) is 12.1 Å². The molecule has 40 heavy (non-hydrogen) atoms. The van der Waals surface area contributed by atoms with E-state index >= 15 is 0 Å². The highest BCUT2D eigenvalue weighted by Crippen LogP contribution is 2.19. The maximum atomic E-state index is 13.5. The standard InChI is InChI=1S/C30H39N7O3/c1-19(2)26(31)29(40)37-25(17-20-9-4-3-5-10-20)28(39)36-24(13-8-16-34-30(32)33)27(38)35-23-15-14-21-11-6-7-12-22(21)18-23/h3-7,9-12,14-15,18-19,24-26H,8,13,16-17,31H2,1-2H3,(H,35,38)(H,36,39)(H,37,40)(H4,32,33,34). The predicted molar refractivity (Wildman–Crippen MR) is 159 cm³/mol. The molecule has 3 amide bonds. The summed E-state index contributed by atoms with van der Waals surface area (Å²) >= 11 is 0. The maximum Gasteiger partial charge on any atom is 0.246 e. The highest BCUT2D eigenvalue weighted by molar-refractivity contribution is 6.00. The Morgan fingerprint density at radius 1 is 0.800 bits per heavy atom. The highest BCUT2D eigenvalue weighted by Gasteiger charge is 2.29. The largest absolute Gasteiger partial charge is 0.370 e. The van der Waals surface area contributed by atoms with Crippen molar-refractivity contribution in [3.63, 3.8) is 0 Å². The number of nitrogens with one attached hydrogen (secondary N) is 3. The van der Waals surface area contributed by atoms with Crippen LogP contribution in [-0.4, -0.2) is 48.4 Å². The molecule has 10 heteroatoms. The molecule has 0 bridgehead atoms. The molecule has 0 saturated carbocycles. The fourth-order valence-electron chi connectivity index (χ4n) is 4.17. The third kappa shape index (κ3) is 9.09. The molecule has 0 fully saturated rings. The van der Waals surface area contributed by atoms with Crippen molar-refractivity contribution in [2.24, 2.45) is 28.1 Å². The van der Waals surface area contributed by atoms with Crippen molar-refractivity contribution >= 4 is 40.1 Å². The van der Waals surface area contributed by atoms with E-state index in [1.807, 2.05) is 86.6 Å². The smallest absolute Gasteiger partial charge is 0.246 e. The fraction of sp³-hybridized carbons (Fsp3) is 0.333. The molecule has 0 radical (unpaired) electrons. The molecule has 0 aromatic heterocycles. The molecule has 3 atom stereocenters. The van der Waals surface area contributed by atoms with Crippen LogP contribution in [0.4, 0.5) is 5.69 Å². The number of guanidine groups is 1. The normalized spacial score (nSPS) is 13.2. The Morgan fingerprint density at radius 3 is 2.12 bits per heavy atom. The lowest BCUT2D eigenvalue weighted by molar-refractivity contribution is -0.131. The molecule has 0 aliphatic rings. The number of aliphatic imine (C=N–C) groups is 1. The summed E-state index contributed by atoms with van der Waals surface area (Å²) in [5.41, 5.74) is 18.4. The van der Waals surface area contributed by atoms with Crippen LogP contribution in [0.5, 0.6) is 0 Å². The molecule has 0 saturated heterocycles. The van der Waals surface area contributed by atoms with E-state index in [1.54, 1.807) is 0 Å². The lowest BCUT2D eigenvalue weighted by atomic mass is 10.0. The second-order valence-corrected chi connectivity index (χ2v) is 10.1. The van der Waals surface area contributed by atoms with Crippen LogP contribution in [-0.2, 0) is 20.8 Å². The summed E-state index contributed by atoms with van der Waals surface area (Å²) in [6.07, 6.45) is 0.956. The number of hydrogen-bond acceptors (Lipinski definition) is 5. The minimum Gasteiger partial charge on any atom is -0.370 e. The molecule has 0 heterocycles. The van der Waals surface area contributed by atoms with Gasteiger partial charge in [0.25, 0.3) is 0 Å². The number of benzene rings is 3. The number of carbonyl (C=O) groups excluding carboxylic acids is 3. The molecule has 10 nitrogen and oxygen atoms in total. The van der Waals surface area contributed by atoms with E-state index in [0.29, 0.717) is 18.7 Å². The summed E-state index contributed by atoms with van der Waals surface area (Å²) in [4.78, 5) is 43.7. The fourth-order valence-corrected chi connectivity index (χ4v) is 4.17. The third-order valence-electron chi connectivity index (χ3n) is 6.53. The van der Waals surface area contributed by atoms with Crippen LogP contribution in [0.1, 0.15) is 32.3 Å². The Morgan fingerprint density at radius 2 is 1.45 bits per heavy atom. The van der Waals surface area contributed by atoms with Crippen molar-refractivity contribution in [1.82, 2.24) is 10.6 Å². The molecule has 3 aromatic carbocycles. The quantitative estimate of drug-likeness (QED) is 0.109. The Hall–Kier alpha value is -4.44. The van der Waals surface area contributed by atoms with Crippen LogP contribution in [0.15, 0.2) is 77.8 Å². The van der Waals surface area contributed by atoms with Gasteiger partial charge in [-0.2, -0.15) is 0 Å². The Bertz CT molecular complexity index is 1320. The van der Waals surface area contributed by atoms with Crippen molar-refractivity contribution in [2.45, 2.75) is 51.2 Å². The van der Waals surface area contributed by atoms with Gasteiger partial charge in [0.2, 0.25) is 17.7 Å². The zero-order chi connectivity index (χ0) is 29.1. The van der Waals surface area contributed by atoms with Crippen LogP contribution in [0.2, 0.25) is 0 Å². The summed E-state index contributed by atoms with van der Waals surface area (Å²) in [6, 6.07) is 20.1. The van der Waals surface area contributed by atoms with Crippen molar-refractivity contribution in [3.05, 3.63) is 78.4 Å². The Labute approximate surface area is 234 Å². The van der Waals surface area contributed by atoms with Crippen LogP contribution in [0.25, 0.3) is 10.8 Å². The van der Waals surface area contributed by atoms with Crippen LogP contribution >= 0.6 is 0 Å². The molecule has 3 unspecified atom stereocenters. The van der Waals surface area contributed by atoms with Crippen LogP contribution in [0.3, 0.4) is 0 Å². The molecule has 212 valence electrons. The number of fused-ring (bicyclic) bond motifs is 1. The molecular formula is C30H39N7O3. The van der Waals surface area contributed by atoms with E-state index in [1.165, 1.54) is 0 Å². The van der Waals surface area contributed by atoms with Crippen LogP contribution < -0.4 is 33.2 Å². The van der Waals surface area contributed by atoms with Crippen molar-refractivity contribution in [3.8, 4) is 0 Å². The lowest BCUT2D eigenvalue weighted by Gasteiger charge is -2.25. The molecular weight excluding hydrogens is 506 g/mol. The van der Waals surface area contributed by atoms with Gasteiger partial charge in [0, 0.05) is 18.7 Å². The van der Waals surface area contributed by atoms with Gasteiger partial charge in [-0.05, 0) is 47.2 Å². The number of anilines is 1. The second kappa shape index (κ2) is 14.6. The first-order valence-corrected chi connectivity index (χ1v) is 13.4. The van der Waals surface area contributed by atoms with E-state index in [9.17, 15) is 14.4 Å². The number of carbonyl (C=O) groups is 3. The van der Waals surface area contributed by atoms with Crippen molar-refractivity contribution in [2.75, 3.05) is 11.9 Å². The summed E-state index contributed by atoms with van der Waals surface area (Å²) in [5.74, 6) is -1.48. The summed E-state index contributed by atoms with van der Waals surface area (Å²) in [5, 5.41) is 10.5. The highest BCUT2D eigenvalue weighted by atomic mass is 16.2. The van der Waals surface area contributed by atoms with Gasteiger partial charge in [0.05, 0.1) is 6.04 Å². The summed E-state index contributed by atoms with van der Waals surface area (Å²) in [7, 11) is 0. The topological polar surface area (TPSA) is 178 Å². The Kier molecular flexibility index (Phi) is 11.0. The van der Waals surface area contributed by atoms with Gasteiger partial charge in [-0.25, -0.2) is 0 Å². The van der Waals surface area contributed by atoms with E-state index in [2.05, 4.69) is 20.9 Å². The summed E-state index contributed by atoms with van der Waals surface area (Å²) < 4.78 is 0. The second-order valence-electron chi connectivity index (χ2n) is 10.1. The summed E-state index contributed by atoms with van der Waals surface area (Å²) in [6.45, 7) is 3.96. The van der Waals surface area contributed by atoms with Gasteiger partial charge >= 0.3 is 0 Å². The third-order valence-corrected chi connectivity index (χ3v) is 6.53. The van der Waals surface area contributed by atoms with Gasteiger partial charge < -0.3 is 33.2 Å². The van der Waals surface area contributed by atoms with E-state index in [0.717, 1.165) is 16.3 Å². The Balaban J connectivity index is 1.80. The first-order chi connectivity index (χ1) is 19.1. The number of rotatable bonds is 13. The van der Waals surface area contributed by atoms with Crippen molar-refractivity contribution < 1.29 is 14.4 Å². The maximum absolute atomic E-state index is 13.5. The zero-order valence-electron chi connectivity index (χ0n) is 23.0. The minimum absolute atomic E-state index is 0.0478.